The van der Waals surface area contributed by atoms with Crippen molar-refractivity contribution >= 4 is 28.5 Å². The molecule has 0 amide bonds. The first-order valence-corrected chi connectivity index (χ1v) is 9.80. The largest absolute Gasteiger partial charge is 0.487 e. The van der Waals surface area contributed by atoms with Gasteiger partial charge in [-0.2, -0.15) is 0 Å². The first-order chi connectivity index (χ1) is 14.2. The Bertz CT molecular complexity index is 1160. The zero-order valence-electron chi connectivity index (χ0n) is 15.5. The predicted molar refractivity (Wildman–Crippen MR) is 113 cm³/mol. The van der Waals surface area contributed by atoms with E-state index in [4.69, 9.17) is 26.3 Å². The van der Waals surface area contributed by atoms with Crippen LogP contribution in [0.1, 0.15) is 5.69 Å². The number of nitrogens with one attached hydrogen (secondary N) is 1. The van der Waals surface area contributed by atoms with Crippen LogP contribution in [0.4, 0.5) is 5.82 Å². The van der Waals surface area contributed by atoms with Crippen LogP contribution in [0.25, 0.3) is 22.4 Å². The summed E-state index contributed by atoms with van der Waals surface area (Å²) >= 11 is 6.02. The number of aliphatic hydroxyl groups excluding tert-OH is 1. The first-order valence-electron chi connectivity index (χ1n) is 9.42. The first kappa shape index (κ1) is 18.0. The lowest BCUT2D eigenvalue weighted by Crippen LogP contribution is -2.51. The van der Waals surface area contributed by atoms with Crippen LogP contribution in [0.2, 0.25) is 5.02 Å². The van der Waals surface area contributed by atoms with Gasteiger partial charge in [-0.25, -0.2) is 9.97 Å². The Balaban J connectivity index is 1.50. The van der Waals surface area contributed by atoms with Crippen LogP contribution in [0.5, 0.6) is 5.75 Å². The smallest absolute Gasteiger partial charge is 0.163 e. The Kier molecular flexibility index (Phi) is 4.58. The molecule has 0 saturated carbocycles. The van der Waals surface area contributed by atoms with Crippen LogP contribution in [0.15, 0.2) is 60.7 Å². The number of hydrogen-bond donors (Lipinski definition) is 2. The van der Waals surface area contributed by atoms with E-state index in [1.165, 1.54) is 0 Å². The van der Waals surface area contributed by atoms with Crippen molar-refractivity contribution in [1.82, 2.24) is 15.0 Å². The summed E-state index contributed by atoms with van der Waals surface area (Å²) in [7, 11) is 0. The molecule has 5 rings (SSSR count). The average Bonchev–Trinajstić information content (AvgIpc) is 3.13. The number of halogens is 1. The van der Waals surface area contributed by atoms with Crippen LogP contribution in [-0.2, 0) is 6.61 Å². The van der Waals surface area contributed by atoms with Crippen molar-refractivity contribution in [2.75, 3.05) is 18.0 Å². The van der Waals surface area contributed by atoms with Crippen molar-refractivity contribution in [3.05, 3.63) is 71.4 Å². The van der Waals surface area contributed by atoms with Crippen LogP contribution >= 0.6 is 11.6 Å². The Morgan fingerprint density at radius 1 is 1.07 bits per heavy atom. The molecule has 0 radical (unpaired) electrons. The Hall–Kier alpha value is -3.09. The van der Waals surface area contributed by atoms with E-state index in [1.807, 2.05) is 54.6 Å². The molecule has 0 unspecified atom stereocenters. The fourth-order valence-electron chi connectivity index (χ4n) is 3.43. The van der Waals surface area contributed by atoms with E-state index in [0.29, 0.717) is 36.3 Å². The van der Waals surface area contributed by atoms with Gasteiger partial charge in [0.05, 0.1) is 17.2 Å². The zero-order valence-corrected chi connectivity index (χ0v) is 16.3. The quantitative estimate of drug-likeness (QED) is 0.523. The highest BCUT2D eigenvalue weighted by atomic mass is 35.5. The van der Waals surface area contributed by atoms with Gasteiger partial charge in [-0.3, -0.25) is 0 Å². The number of fused-ring (bicyclic) bond motifs is 1. The van der Waals surface area contributed by atoms with Gasteiger partial charge in [0.2, 0.25) is 0 Å². The molecule has 0 spiro atoms. The summed E-state index contributed by atoms with van der Waals surface area (Å²) < 4.78 is 5.86. The minimum Gasteiger partial charge on any atom is -0.487 e. The summed E-state index contributed by atoms with van der Waals surface area (Å²) in [6.07, 6.45) is -0.315. The number of anilines is 1. The van der Waals surface area contributed by atoms with E-state index in [0.717, 1.165) is 28.1 Å². The van der Waals surface area contributed by atoms with Crippen LogP contribution in [-0.4, -0.2) is 39.3 Å². The lowest BCUT2D eigenvalue weighted by atomic mass is 10.1. The second-order valence-electron chi connectivity index (χ2n) is 7.10. The number of aromatic amines is 1. The van der Waals surface area contributed by atoms with Gasteiger partial charge in [-0.1, -0.05) is 48.0 Å². The van der Waals surface area contributed by atoms with Gasteiger partial charge < -0.3 is 19.7 Å². The number of H-pyrrole nitrogens is 1. The molecule has 7 heteroatoms. The van der Waals surface area contributed by atoms with Gasteiger partial charge in [0, 0.05) is 23.7 Å². The molecular formula is C22H19ClN4O2. The minimum atomic E-state index is -0.315. The number of benzene rings is 2. The average molecular weight is 407 g/mol. The maximum Gasteiger partial charge on any atom is 0.163 e. The molecule has 0 aliphatic carbocycles. The van der Waals surface area contributed by atoms with Gasteiger partial charge in [-0.15, -0.1) is 0 Å². The van der Waals surface area contributed by atoms with Crippen LogP contribution in [0, 0.1) is 0 Å². The molecule has 29 heavy (non-hydrogen) atoms. The number of β-amino-alcohol motifs (C(OH)–C–C–N with tert-alkyl or cyclic N) is 1. The standard InChI is InChI=1S/C22H19ClN4O2/c23-15-7-4-8-18(9-15)29-13-16-10-19-21(24-16)25-20(14-5-2-1-3-6-14)26-22(19)27-11-17(28)12-27/h1-10,17,28H,11-13H2,(H,24,25,26). The molecule has 1 saturated heterocycles. The maximum absolute atomic E-state index is 9.75. The molecule has 146 valence electrons. The van der Waals surface area contributed by atoms with E-state index < -0.39 is 0 Å². The monoisotopic (exact) mass is 406 g/mol. The Morgan fingerprint density at radius 3 is 2.66 bits per heavy atom. The van der Waals surface area contributed by atoms with Crippen molar-refractivity contribution in [3.8, 4) is 17.1 Å². The molecule has 2 aromatic carbocycles. The van der Waals surface area contributed by atoms with Crippen molar-refractivity contribution in [3.63, 3.8) is 0 Å². The highest BCUT2D eigenvalue weighted by Gasteiger charge is 2.28. The fourth-order valence-corrected chi connectivity index (χ4v) is 3.61. The van der Waals surface area contributed by atoms with Crippen molar-refractivity contribution in [1.29, 1.82) is 0 Å². The molecule has 6 nitrogen and oxygen atoms in total. The van der Waals surface area contributed by atoms with E-state index in [-0.39, 0.29) is 6.10 Å². The number of nitrogens with zero attached hydrogens (tertiary/aromatic N) is 3. The predicted octanol–water partition coefficient (Wildman–Crippen LogP) is 4.04. The minimum absolute atomic E-state index is 0.315. The molecule has 2 aromatic heterocycles. The van der Waals surface area contributed by atoms with E-state index in [1.54, 1.807) is 6.07 Å². The van der Waals surface area contributed by atoms with Crippen molar-refractivity contribution in [2.24, 2.45) is 0 Å². The van der Waals surface area contributed by atoms with Crippen molar-refractivity contribution in [2.45, 2.75) is 12.7 Å². The van der Waals surface area contributed by atoms with E-state index >= 15 is 0 Å². The molecule has 0 bridgehead atoms. The Labute approximate surface area is 172 Å². The normalized spacial score (nSPS) is 14.2. The summed E-state index contributed by atoms with van der Waals surface area (Å²) in [5.41, 5.74) is 2.59. The molecule has 0 atom stereocenters. The topological polar surface area (TPSA) is 74.3 Å². The molecule has 3 heterocycles. The number of rotatable bonds is 5. The summed E-state index contributed by atoms with van der Waals surface area (Å²) in [6.45, 7) is 1.50. The molecule has 1 fully saturated rings. The second-order valence-corrected chi connectivity index (χ2v) is 7.53. The number of hydrogen-bond acceptors (Lipinski definition) is 5. The van der Waals surface area contributed by atoms with Gasteiger partial charge in [-0.05, 0) is 24.3 Å². The highest BCUT2D eigenvalue weighted by molar-refractivity contribution is 6.30. The fraction of sp³-hybridized carbons (Fsp3) is 0.182. The third kappa shape index (κ3) is 3.64. The second kappa shape index (κ2) is 7.39. The molecular weight excluding hydrogens is 388 g/mol. The SMILES string of the molecule is OC1CN(c2nc(-c3ccccc3)nc3[nH]c(COc4cccc(Cl)c4)cc23)C1. The van der Waals surface area contributed by atoms with Crippen LogP contribution < -0.4 is 9.64 Å². The highest BCUT2D eigenvalue weighted by Crippen LogP contribution is 2.31. The van der Waals surface area contributed by atoms with Gasteiger partial charge in [0.1, 0.15) is 23.8 Å². The third-order valence-electron chi connectivity index (χ3n) is 4.91. The molecule has 2 N–H and O–H groups in total. The zero-order chi connectivity index (χ0) is 19.8. The summed E-state index contributed by atoms with van der Waals surface area (Å²) in [6, 6.07) is 19.2. The van der Waals surface area contributed by atoms with Gasteiger partial charge in [0.25, 0.3) is 0 Å². The Morgan fingerprint density at radius 2 is 1.90 bits per heavy atom. The molecule has 1 aliphatic rings. The number of aliphatic hydroxyl groups is 1. The summed E-state index contributed by atoms with van der Waals surface area (Å²) in [5, 5.41) is 11.3. The summed E-state index contributed by atoms with van der Waals surface area (Å²) in [4.78, 5) is 14.9. The van der Waals surface area contributed by atoms with E-state index in [9.17, 15) is 5.11 Å². The third-order valence-corrected chi connectivity index (χ3v) is 5.14. The van der Waals surface area contributed by atoms with Crippen molar-refractivity contribution < 1.29 is 9.84 Å². The number of ether oxygens (including phenoxy) is 1. The van der Waals surface area contributed by atoms with Gasteiger partial charge >= 0.3 is 0 Å². The summed E-state index contributed by atoms with van der Waals surface area (Å²) in [5.74, 6) is 2.18. The lowest BCUT2D eigenvalue weighted by molar-refractivity contribution is 0.141. The molecule has 4 aromatic rings. The lowest BCUT2D eigenvalue weighted by Gasteiger charge is -2.37. The maximum atomic E-state index is 9.75. The molecule has 1 aliphatic heterocycles. The van der Waals surface area contributed by atoms with Gasteiger partial charge in [0.15, 0.2) is 5.82 Å². The van der Waals surface area contributed by atoms with Crippen LogP contribution in [0.3, 0.4) is 0 Å². The van der Waals surface area contributed by atoms with E-state index in [2.05, 4.69) is 9.88 Å². The number of aromatic nitrogens is 3.